The number of carbonyl (C=O) groups is 1. The van der Waals surface area contributed by atoms with Crippen LogP contribution in [0.4, 0.5) is 17.6 Å². The van der Waals surface area contributed by atoms with Crippen molar-refractivity contribution in [2.24, 2.45) is 17.8 Å². The van der Waals surface area contributed by atoms with Crippen molar-refractivity contribution in [1.29, 1.82) is 0 Å². The first-order valence-electron chi connectivity index (χ1n) is 8.80. The zero-order valence-corrected chi connectivity index (χ0v) is 18.9. The molecule has 4 aliphatic rings. The Kier molecular flexibility index (Phi) is 8.44. The van der Waals surface area contributed by atoms with Gasteiger partial charge in [0.15, 0.2) is 0 Å². The molecule has 0 aromatic heterocycles. The summed E-state index contributed by atoms with van der Waals surface area (Å²) in [6.45, 7) is 1.31. The van der Waals surface area contributed by atoms with Crippen molar-refractivity contribution in [3.8, 4) is 0 Å². The van der Waals surface area contributed by atoms with Crippen molar-refractivity contribution in [3.05, 3.63) is 0 Å². The van der Waals surface area contributed by atoms with Gasteiger partial charge >= 0.3 is 27.3 Å². The van der Waals surface area contributed by atoms with E-state index in [9.17, 15) is 35.9 Å². The van der Waals surface area contributed by atoms with Crippen LogP contribution in [0, 0.1) is 17.8 Å². The Labute approximate surface area is 183 Å². The summed E-state index contributed by atoms with van der Waals surface area (Å²) < 4.78 is 75.1. The van der Waals surface area contributed by atoms with Crippen molar-refractivity contribution in [3.63, 3.8) is 0 Å². The van der Waals surface area contributed by atoms with Crippen molar-refractivity contribution >= 4 is 45.6 Å². The molecule has 6 nitrogen and oxygen atoms in total. The number of hydrogen-bond donors (Lipinski definition) is 1. The predicted molar refractivity (Wildman–Crippen MR) is 90.8 cm³/mol. The molecule has 0 heterocycles. The molecule has 0 aliphatic heterocycles. The molecule has 0 amide bonds. The predicted octanol–water partition coefficient (Wildman–Crippen LogP) is 3.02. The van der Waals surface area contributed by atoms with E-state index in [0.29, 0.717) is 13.8 Å². The van der Waals surface area contributed by atoms with Gasteiger partial charge in [-0.2, -0.15) is 26.0 Å². The number of rotatable bonds is 5. The largest absolute Gasteiger partial charge is 0.434 e. The Morgan fingerprint density at radius 2 is 1.46 bits per heavy atom. The SMILES string of the molecule is CCC(F)(F)C(F)(F)S(=O)(=O)OOC(C)=O.OC12CC3CC(CC(C3)C1)C2.[Na]. The molecule has 0 saturated heterocycles. The topological polar surface area (TPSA) is 89.9 Å². The minimum absolute atomic E-state index is 0. The van der Waals surface area contributed by atoms with E-state index in [1.165, 1.54) is 19.3 Å². The molecule has 0 atom stereocenters. The van der Waals surface area contributed by atoms with Gasteiger partial charge in [-0.3, -0.25) is 4.89 Å². The molecule has 0 aromatic rings. The molecule has 12 heteroatoms. The second-order valence-electron chi connectivity index (χ2n) is 7.81. The Hall–Kier alpha value is 0.0600. The number of halogens is 4. The van der Waals surface area contributed by atoms with Gasteiger partial charge in [-0.15, -0.1) is 0 Å². The molecule has 1 radical (unpaired) electrons. The van der Waals surface area contributed by atoms with Crippen molar-refractivity contribution < 1.29 is 45.1 Å². The van der Waals surface area contributed by atoms with Gasteiger partial charge in [-0.25, -0.2) is 4.79 Å². The van der Waals surface area contributed by atoms with Gasteiger partial charge in [-0.05, 0) is 60.6 Å². The van der Waals surface area contributed by atoms with E-state index in [2.05, 4.69) is 9.22 Å². The van der Waals surface area contributed by atoms with Gasteiger partial charge in [-0.1, -0.05) is 6.92 Å². The van der Waals surface area contributed by atoms with Crippen LogP contribution in [0.5, 0.6) is 0 Å². The summed E-state index contributed by atoms with van der Waals surface area (Å²) in [6, 6.07) is 0. The molecule has 4 saturated carbocycles. The van der Waals surface area contributed by atoms with Crippen LogP contribution in [0.3, 0.4) is 0 Å². The van der Waals surface area contributed by atoms with Gasteiger partial charge in [0, 0.05) is 42.9 Å². The van der Waals surface area contributed by atoms with Crippen LogP contribution >= 0.6 is 0 Å². The van der Waals surface area contributed by atoms with Gasteiger partial charge in [0.2, 0.25) is 0 Å². The normalized spacial score (nSPS) is 31.5. The quantitative estimate of drug-likeness (QED) is 0.304. The minimum atomic E-state index is -6.05. The van der Waals surface area contributed by atoms with Crippen LogP contribution in [0.25, 0.3) is 0 Å². The third kappa shape index (κ3) is 5.60. The van der Waals surface area contributed by atoms with E-state index < -0.39 is 33.7 Å². The first-order valence-corrected chi connectivity index (χ1v) is 10.2. The molecule has 4 aliphatic carbocycles. The fourth-order valence-corrected chi connectivity index (χ4v) is 5.37. The maximum absolute atomic E-state index is 12.8. The van der Waals surface area contributed by atoms with E-state index in [4.69, 9.17) is 0 Å². The van der Waals surface area contributed by atoms with Gasteiger partial charge < -0.3 is 5.11 Å². The van der Waals surface area contributed by atoms with Crippen LogP contribution in [0.1, 0.15) is 58.8 Å². The Balaban J connectivity index is 0.000000282. The minimum Gasteiger partial charge on any atom is -0.390 e. The number of carbonyl (C=O) groups excluding carboxylic acids is 1. The second-order valence-corrected chi connectivity index (χ2v) is 9.37. The van der Waals surface area contributed by atoms with Crippen LogP contribution < -0.4 is 0 Å². The number of hydrogen-bond acceptors (Lipinski definition) is 6. The Bertz CT molecular complexity index is 635. The first-order chi connectivity index (χ1) is 12.2. The molecule has 4 bridgehead atoms. The zero-order valence-electron chi connectivity index (χ0n) is 16.1. The van der Waals surface area contributed by atoms with Gasteiger partial charge in [0.25, 0.3) is 0 Å². The number of aliphatic hydroxyl groups is 1. The second kappa shape index (κ2) is 9.05. The molecule has 4 fully saturated rings. The first kappa shape index (κ1) is 26.1. The van der Waals surface area contributed by atoms with Crippen LogP contribution in [0.2, 0.25) is 0 Å². The van der Waals surface area contributed by atoms with E-state index in [1.54, 1.807) is 0 Å². The average molecular weight is 443 g/mol. The summed E-state index contributed by atoms with van der Waals surface area (Å²) in [5, 5.41) is 4.62. The molecule has 28 heavy (non-hydrogen) atoms. The summed E-state index contributed by atoms with van der Waals surface area (Å²) in [5.74, 6) is -3.52. The Morgan fingerprint density at radius 1 is 1.07 bits per heavy atom. The van der Waals surface area contributed by atoms with E-state index in [0.717, 1.165) is 37.0 Å². The third-order valence-electron chi connectivity index (χ3n) is 5.43. The van der Waals surface area contributed by atoms with Crippen LogP contribution in [-0.4, -0.2) is 65.8 Å². The standard InChI is InChI=1S/C10H16O.C6H8F4O5S.Na/c11-10-4-7-1-8(5-10)3-9(2-7)6-10;1-3-5(7,8)6(9,10)16(12,13)15-14-4(2)11;/h7-9,11H,1-6H2;3H2,1-2H3;. The molecule has 1 N–H and O–H groups in total. The maximum Gasteiger partial charge on any atom is 0.434 e. The smallest absolute Gasteiger partial charge is 0.390 e. The molecular formula is C16H24F4NaO6S. The molecule has 159 valence electrons. The maximum atomic E-state index is 12.8. The molecular weight excluding hydrogens is 419 g/mol. The summed E-state index contributed by atoms with van der Waals surface area (Å²) in [6.07, 6.45) is 6.24. The van der Waals surface area contributed by atoms with E-state index >= 15 is 0 Å². The van der Waals surface area contributed by atoms with Crippen LogP contribution in [-0.2, 0) is 24.1 Å². The van der Waals surface area contributed by atoms with Crippen LogP contribution in [0.15, 0.2) is 0 Å². The Morgan fingerprint density at radius 3 is 1.75 bits per heavy atom. The molecule has 0 aromatic carbocycles. The monoisotopic (exact) mass is 443 g/mol. The van der Waals surface area contributed by atoms with Crippen molar-refractivity contribution in [2.75, 3.05) is 0 Å². The van der Waals surface area contributed by atoms with E-state index in [1.807, 2.05) is 0 Å². The summed E-state index contributed by atoms with van der Waals surface area (Å²) in [5.41, 5.74) is -0.200. The molecule has 0 spiro atoms. The summed E-state index contributed by atoms with van der Waals surface area (Å²) >= 11 is 0. The fourth-order valence-electron chi connectivity index (χ4n) is 4.59. The van der Waals surface area contributed by atoms with Gasteiger partial charge in [0.05, 0.1) is 5.60 Å². The fraction of sp³-hybridized carbons (Fsp3) is 0.938. The van der Waals surface area contributed by atoms with Crippen molar-refractivity contribution in [1.82, 2.24) is 0 Å². The average Bonchev–Trinajstić information content (AvgIpc) is 2.51. The third-order valence-corrected chi connectivity index (χ3v) is 6.60. The van der Waals surface area contributed by atoms with Gasteiger partial charge in [0.1, 0.15) is 0 Å². The molecule has 0 unspecified atom stereocenters. The summed E-state index contributed by atoms with van der Waals surface area (Å²) in [7, 11) is -6.05. The zero-order chi connectivity index (χ0) is 20.7. The van der Waals surface area contributed by atoms with E-state index in [-0.39, 0.29) is 35.2 Å². The van der Waals surface area contributed by atoms with Crippen molar-refractivity contribution in [2.45, 2.75) is 75.6 Å². The summed E-state index contributed by atoms with van der Waals surface area (Å²) in [4.78, 5) is 13.4. The number of alkyl halides is 4. The molecule has 4 rings (SSSR count).